The van der Waals surface area contributed by atoms with Crippen molar-refractivity contribution in [3.63, 3.8) is 0 Å². The SMILES string of the molecule is C[C@]1(N2C(=S)S[C@H]3CS(=O)(=O)C[C@H]32)CCS(=O)(=O)C1. The molecule has 3 rings (SSSR count). The Hall–Kier alpha value is 0.140. The van der Waals surface area contributed by atoms with Gasteiger partial charge >= 0.3 is 0 Å². The van der Waals surface area contributed by atoms with E-state index in [9.17, 15) is 16.8 Å². The van der Waals surface area contributed by atoms with E-state index in [0.717, 1.165) is 0 Å². The van der Waals surface area contributed by atoms with Crippen molar-refractivity contribution < 1.29 is 16.8 Å². The van der Waals surface area contributed by atoms with Crippen molar-refractivity contribution in [2.45, 2.75) is 30.2 Å². The summed E-state index contributed by atoms with van der Waals surface area (Å²) < 4.78 is 47.6. The van der Waals surface area contributed by atoms with Gasteiger partial charge in [0.1, 0.15) is 4.32 Å². The summed E-state index contributed by atoms with van der Waals surface area (Å²) in [6.45, 7) is 1.89. The lowest BCUT2D eigenvalue weighted by molar-refractivity contribution is 0.192. The van der Waals surface area contributed by atoms with Gasteiger partial charge in [0, 0.05) is 5.25 Å². The quantitative estimate of drug-likeness (QED) is 0.625. The van der Waals surface area contributed by atoms with Crippen LogP contribution in [0.1, 0.15) is 13.3 Å². The maximum absolute atomic E-state index is 11.7. The normalized spacial score (nSPS) is 43.6. The third-order valence-corrected chi connectivity index (χ3v) is 9.60. The molecule has 3 saturated heterocycles. The third kappa shape index (κ3) is 2.32. The average Bonchev–Trinajstić information content (AvgIpc) is 2.74. The molecule has 3 fully saturated rings. The topological polar surface area (TPSA) is 71.5 Å². The Kier molecular flexibility index (Phi) is 3.03. The first kappa shape index (κ1) is 14.1. The van der Waals surface area contributed by atoms with Crippen LogP contribution in [0.5, 0.6) is 0 Å². The summed E-state index contributed by atoms with van der Waals surface area (Å²) in [6.07, 6.45) is 0.527. The van der Waals surface area contributed by atoms with Crippen LogP contribution in [0.25, 0.3) is 0 Å². The van der Waals surface area contributed by atoms with Gasteiger partial charge in [0.2, 0.25) is 0 Å². The van der Waals surface area contributed by atoms with Gasteiger partial charge in [-0.2, -0.15) is 0 Å². The summed E-state index contributed by atoms with van der Waals surface area (Å²) in [5, 5.41) is -0.0300. The highest BCUT2D eigenvalue weighted by Gasteiger charge is 2.55. The molecule has 0 spiro atoms. The Morgan fingerprint density at radius 1 is 1.26 bits per heavy atom. The lowest BCUT2D eigenvalue weighted by Gasteiger charge is -2.39. The lowest BCUT2D eigenvalue weighted by Crippen LogP contribution is -2.53. The number of hydrogen-bond acceptors (Lipinski definition) is 6. The van der Waals surface area contributed by atoms with E-state index in [0.29, 0.717) is 10.7 Å². The minimum atomic E-state index is -3.03. The number of nitrogens with zero attached hydrogens (tertiary/aromatic N) is 1. The van der Waals surface area contributed by atoms with E-state index >= 15 is 0 Å². The molecular formula is C10H15NO4S4. The first-order chi connectivity index (χ1) is 8.62. The molecule has 0 N–H and O–H groups in total. The fourth-order valence-corrected chi connectivity index (χ4v) is 10.0. The van der Waals surface area contributed by atoms with Crippen LogP contribution >= 0.6 is 24.0 Å². The number of hydrogen-bond donors (Lipinski definition) is 0. The van der Waals surface area contributed by atoms with Gasteiger partial charge in [0.25, 0.3) is 0 Å². The van der Waals surface area contributed by atoms with Crippen molar-refractivity contribution >= 4 is 48.0 Å². The minimum absolute atomic E-state index is 0.0300. The molecule has 108 valence electrons. The van der Waals surface area contributed by atoms with E-state index in [-0.39, 0.29) is 34.3 Å². The van der Waals surface area contributed by atoms with Crippen LogP contribution in [0, 0.1) is 0 Å². The molecule has 3 heterocycles. The van der Waals surface area contributed by atoms with Crippen LogP contribution in [0.2, 0.25) is 0 Å². The molecule has 3 aliphatic rings. The molecule has 3 atom stereocenters. The maximum atomic E-state index is 11.7. The number of fused-ring (bicyclic) bond motifs is 1. The number of sulfone groups is 2. The molecule has 0 amide bonds. The van der Waals surface area contributed by atoms with E-state index in [1.807, 2.05) is 11.8 Å². The predicted molar refractivity (Wildman–Crippen MR) is 79.9 cm³/mol. The Morgan fingerprint density at radius 3 is 2.53 bits per heavy atom. The molecule has 0 aromatic carbocycles. The second-order valence-electron chi connectivity index (χ2n) is 5.78. The van der Waals surface area contributed by atoms with Gasteiger partial charge in [-0.05, 0) is 13.3 Å². The van der Waals surface area contributed by atoms with Crippen molar-refractivity contribution in [2.24, 2.45) is 0 Å². The van der Waals surface area contributed by atoms with Gasteiger partial charge in [-0.25, -0.2) is 16.8 Å². The first-order valence-corrected chi connectivity index (χ1v) is 11.0. The maximum Gasteiger partial charge on any atom is 0.153 e. The summed E-state index contributed by atoms with van der Waals surface area (Å²) in [6, 6.07) is -0.152. The summed E-state index contributed by atoms with van der Waals surface area (Å²) >= 11 is 6.77. The van der Waals surface area contributed by atoms with Crippen LogP contribution in [0.15, 0.2) is 0 Å². The fourth-order valence-electron chi connectivity index (χ4n) is 3.28. The van der Waals surface area contributed by atoms with Gasteiger partial charge in [0.15, 0.2) is 19.7 Å². The van der Waals surface area contributed by atoms with Crippen molar-refractivity contribution in [1.82, 2.24) is 4.90 Å². The largest absolute Gasteiger partial charge is 0.346 e. The second kappa shape index (κ2) is 4.08. The summed E-state index contributed by atoms with van der Waals surface area (Å²) in [4.78, 5) is 1.91. The molecule has 0 aromatic heterocycles. The Labute approximate surface area is 122 Å². The molecular weight excluding hydrogens is 326 g/mol. The molecule has 5 nitrogen and oxygen atoms in total. The number of thiocarbonyl (C=S) groups is 1. The van der Waals surface area contributed by atoms with E-state index in [2.05, 4.69) is 0 Å². The second-order valence-corrected chi connectivity index (χ2v) is 12.0. The molecule has 0 bridgehead atoms. The smallest absolute Gasteiger partial charge is 0.153 e. The zero-order chi connectivity index (χ0) is 14.1. The van der Waals surface area contributed by atoms with Gasteiger partial charge in [-0.1, -0.05) is 24.0 Å². The zero-order valence-corrected chi connectivity index (χ0v) is 13.7. The van der Waals surface area contributed by atoms with Gasteiger partial charge in [-0.15, -0.1) is 0 Å². The Morgan fingerprint density at radius 2 is 1.95 bits per heavy atom. The highest BCUT2D eigenvalue weighted by molar-refractivity contribution is 8.24. The van der Waals surface area contributed by atoms with Gasteiger partial charge in [-0.3, -0.25) is 0 Å². The van der Waals surface area contributed by atoms with Crippen molar-refractivity contribution in [3.8, 4) is 0 Å². The van der Waals surface area contributed by atoms with Crippen molar-refractivity contribution in [1.29, 1.82) is 0 Å². The monoisotopic (exact) mass is 341 g/mol. The molecule has 9 heteroatoms. The summed E-state index contributed by atoms with van der Waals surface area (Å²) in [5.41, 5.74) is -0.539. The molecule has 0 aliphatic carbocycles. The van der Waals surface area contributed by atoms with Crippen LogP contribution in [-0.4, -0.2) is 65.9 Å². The van der Waals surface area contributed by atoms with Gasteiger partial charge < -0.3 is 4.90 Å². The molecule has 0 saturated carbocycles. The van der Waals surface area contributed by atoms with Crippen molar-refractivity contribution in [2.75, 3.05) is 23.0 Å². The van der Waals surface area contributed by atoms with E-state index < -0.39 is 25.2 Å². The molecule has 0 unspecified atom stereocenters. The van der Waals surface area contributed by atoms with Crippen LogP contribution in [-0.2, 0) is 19.7 Å². The molecule has 0 aromatic rings. The molecule has 0 radical (unpaired) electrons. The summed E-state index contributed by atoms with van der Waals surface area (Å²) in [5.74, 6) is 0.490. The third-order valence-electron chi connectivity index (χ3n) is 4.12. The molecule has 3 aliphatic heterocycles. The molecule has 19 heavy (non-hydrogen) atoms. The minimum Gasteiger partial charge on any atom is -0.346 e. The average molecular weight is 342 g/mol. The van der Waals surface area contributed by atoms with E-state index in [1.54, 1.807) is 0 Å². The zero-order valence-electron chi connectivity index (χ0n) is 10.4. The summed E-state index contributed by atoms with van der Waals surface area (Å²) in [7, 11) is -6.05. The van der Waals surface area contributed by atoms with Crippen LogP contribution in [0.4, 0.5) is 0 Å². The predicted octanol–water partition coefficient (Wildman–Crippen LogP) is 0.0629. The Balaban J connectivity index is 1.95. The fraction of sp³-hybridized carbons (Fsp3) is 0.900. The lowest BCUT2D eigenvalue weighted by atomic mass is 9.97. The van der Waals surface area contributed by atoms with Gasteiger partial charge in [0.05, 0.1) is 34.6 Å². The number of rotatable bonds is 1. The number of thioether (sulfide) groups is 1. The van der Waals surface area contributed by atoms with E-state index in [1.165, 1.54) is 11.8 Å². The Bertz CT molecular complexity index is 628. The van der Waals surface area contributed by atoms with E-state index in [4.69, 9.17) is 12.2 Å². The van der Waals surface area contributed by atoms with Crippen molar-refractivity contribution in [3.05, 3.63) is 0 Å². The first-order valence-electron chi connectivity index (χ1n) is 6.03. The standard InChI is InChI=1S/C10H15NO4S4/c1-10(2-3-18(12,13)6-10)11-7-4-19(14,15)5-8(7)17-9(11)16/h7-8H,2-6H2,1H3/t7-,8+,10+/m1/s1. The highest BCUT2D eigenvalue weighted by atomic mass is 32.2. The van der Waals surface area contributed by atoms with Crippen LogP contribution < -0.4 is 0 Å². The highest BCUT2D eigenvalue weighted by Crippen LogP contribution is 2.44. The van der Waals surface area contributed by atoms with Crippen LogP contribution in [0.3, 0.4) is 0 Å².